The van der Waals surface area contributed by atoms with Crippen molar-refractivity contribution in [3.05, 3.63) is 0 Å². The second kappa shape index (κ2) is 15.6. The van der Waals surface area contributed by atoms with Crippen molar-refractivity contribution in [1.29, 1.82) is 0 Å². The fourth-order valence-electron chi connectivity index (χ4n) is 1.03. The van der Waals surface area contributed by atoms with Crippen LogP contribution in [0, 0.1) is 5.92 Å². The fraction of sp³-hybridized carbons (Fsp3) is 0.692. The van der Waals surface area contributed by atoms with Crippen LogP contribution in [0.2, 0.25) is 0 Å². The molecule has 0 heterocycles. The van der Waals surface area contributed by atoms with Gasteiger partial charge in [-0.2, -0.15) is 0 Å². The van der Waals surface area contributed by atoms with Crippen molar-refractivity contribution in [2.45, 2.75) is 45.2 Å². The lowest BCUT2D eigenvalue weighted by Crippen LogP contribution is -2.31. The van der Waals surface area contributed by atoms with Gasteiger partial charge in [0, 0.05) is 6.42 Å². The first kappa shape index (κ1) is 26.6. The van der Waals surface area contributed by atoms with Crippen molar-refractivity contribution < 1.29 is 34.5 Å². The molecule has 0 aromatic rings. The summed E-state index contributed by atoms with van der Waals surface area (Å²) in [6.07, 6.45) is 0.674. The molecule has 0 radical (unpaired) electrons. The zero-order chi connectivity index (χ0) is 19.9. The number of aliphatic carboxylic acids is 3. The van der Waals surface area contributed by atoms with Crippen LogP contribution in [0.4, 0.5) is 0 Å². The van der Waals surface area contributed by atoms with E-state index >= 15 is 0 Å². The molecule has 0 spiro atoms. The lowest BCUT2D eigenvalue weighted by atomic mass is 10.1. The monoisotopic (exact) mass is 352 g/mol. The van der Waals surface area contributed by atoms with E-state index in [-0.39, 0.29) is 19.4 Å². The summed E-state index contributed by atoms with van der Waals surface area (Å²) in [6.45, 7) is 3.62. The van der Waals surface area contributed by atoms with E-state index in [4.69, 9.17) is 32.5 Å². The molecule has 11 nitrogen and oxygen atoms in total. The van der Waals surface area contributed by atoms with Crippen LogP contribution >= 0.6 is 0 Å². The topological polar surface area (TPSA) is 233 Å². The van der Waals surface area contributed by atoms with Gasteiger partial charge < -0.3 is 38.3 Å². The van der Waals surface area contributed by atoms with Crippen LogP contribution in [0.15, 0.2) is 0 Å². The zero-order valence-corrected chi connectivity index (χ0v) is 13.8. The number of hydrogen-bond donors (Lipinski definition) is 7. The van der Waals surface area contributed by atoms with E-state index in [1.54, 1.807) is 0 Å². The molecule has 0 bridgehead atoms. The zero-order valence-electron chi connectivity index (χ0n) is 13.8. The SMILES string of the molecule is CC(C)C[C@H](N)C(=O)O.NC(=O)CC[C@H](N)C(=O)O.NCC(=O)O. The Hall–Kier alpha value is -2.24. The number of primary amides is 1. The normalized spacial score (nSPS) is 11.9. The van der Waals surface area contributed by atoms with Gasteiger partial charge in [0.1, 0.15) is 12.1 Å². The molecule has 0 rings (SSSR count). The van der Waals surface area contributed by atoms with E-state index < -0.39 is 35.9 Å². The van der Waals surface area contributed by atoms with Gasteiger partial charge in [0.25, 0.3) is 0 Å². The molecule has 0 aliphatic carbocycles. The molecular weight excluding hydrogens is 324 g/mol. The van der Waals surface area contributed by atoms with E-state index in [9.17, 15) is 19.2 Å². The highest BCUT2D eigenvalue weighted by molar-refractivity contribution is 5.77. The molecule has 0 saturated carbocycles. The number of carbonyl (C=O) groups is 4. The summed E-state index contributed by atoms with van der Waals surface area (Å²) in [4.78, 5) is 39.5. The Morgan fingerprint density at radius 1 is 0.917 bits per heavy atom. The van der Waals surface area contributed by atoms with Gasteiger partial charge in [-0.05, 0) is 18.8 Å². The van der Waals surface area contributed by atoms with E-state index in [1.807, 2.05) is 13.8 Å². The lowest BCUT2D eigenvalue weighted by molar-refractivity contribution is -0.139. The van der Waals surface area contributed by atoms with E-state index in [2.05, 4.69) is 5.73 Å². The minimum absolute atomic E-state index is 0.0213. The lowest BCUT2D eigenvalue weighted by Gasteiger charge is -2.07. The number of nitrogens with two attached hydrogens (primary N) is 4. The van der Waals surface area contributed by atoms with Crippen molar-refractivity contribution in [3.63, 3.8) is 0 Å². The molecule has 24 heavy (non-hydrogen) atoms. The number of rotatable bonds is 8. The second-order valence-corrected chi connectivity index (χ2v) is 5.12. The van der Waals surface area contributed by atoms with Crippen LogP contribution in [-0.4, -0.2) is 57.8 Å². The Bertz CT molecular complexity index is 402. The van der Waals surface area contributed by atoms with Gasteiger partial charge in [-0.15, -0.1) is 0 Å². The second-order valence-electron chi connectivity index (χ2n) is 5.12. The highest BCUT2D eigenvalue weighted by atomic mass is 16.4. The van der Waals surface area contributed by atoms with Gasteiger partial charge in [0.15, 0.2) is 0 Å². The summed E-state index contributed by atoms with van der Waals surface area (Å²) in [5.74, 6) is -3.16. The maximum absolute atomic E-state index is 10.1. The maximum atomic E-state index is 10.1. The average molecular weight is 352 g/mol. The Labute approximate surface area is 140 Å². The molecule has 2 atom stereocenters. The Kier molecular flexibility index (Phi) is 17.4. The molecule has 0 unspecified atom stereocenters. The summed E-state index contributed by atoms with van der Waals surface area (Å²) in [7, 11) is 0. The molecule has 0 aromatic heterocycles. The molecule has 0 fully saturated rings. The van der Waals surface area contributed by atoms with Crippen molar-refractivity contribution in [1.82, 2.24) is 0 Å². The van der Waals surface area contributed by atoms with Gasteiger partial charge >= 0.3 is 17.9 Å². The van der Waals surface area contributed by atoms with Gasteiger partial charge in [0.2, 0.25) is 5.91 Å². The third-order valence-corrected chi connectivity index (χ3v) is 2.24. The van der Waals surface area contributed by atoms with E-state index in [0.29, 0.717) is 12.3 Å². The average Bonchev–Trinajstić information content (AvgIpc) is 2.44. The van der Waals surface area contributed by atoms with Crippen LogP contribution in [-0.2, 0) is 19.2 Å². The first-order chi connectivity index (χ1) is 10.8. The molecule has 11 heteroatoms. The predicted molar refractivity (Wildman–Crippen MR) is 85.8 cm³/mol. The quantitative estimate of drug-likeness (QED) is 0.257. The van der Waals surface area contributed by atoms with Crippen LogP contribution in [0.3, 0.4) is 0 Å². The minimum Gasteiger partial charge on any atom is -0.480 e. The Balaban J connectivity index is -0.000000291. The smallest absolute Gasteiger partial charge is 0.320 e. The largest absolute Gasteiger partial charge is 0.480 e. The number of hydrogen-bond acceptors (Lipinski definition) is 7. The van der Waals surface area contributed by atoms with E-state index in [0.717, 1.165) is 0 Å². The number of carboxylic acid groups (broad SMARTS) is 3. The van der Waals surface area contributed by atoms with Crippen molar-refractivity contribution in [2.24, 2.45) is 28.9 Å². The highest BCUT2D eigenvalue weighted by Crippen LogP contribution is 2.01. The Morgan fingerprint density at radius 3 is 1.46 bits per heavy atom. The molecule has 0 aliphatic heterocycles. The highest BCUT2D eigenvalue weighted by Gasteiger charge is 2.12. The summed E-state index contributed by atoms with van der Waals surface area (Å²) in [5, 5.41) is 24.1. The molecule has 11 N–H and O–H groups in total. The third-order valence-electron chi connectivity index (χ3n) is 2.24. The van der Waals surface area contributed by atoms with E-state index in [1.165, 1.54) is 0 Å². The standard InChI is InChI=1S/C6H13NO2.C5H10N2O3.C2H5NO2/c1-4(2)3-5(7)6(8)9;6-3(5(9)10)1-2-4(7)8;3-1-2(4)5/h4-5H,3,7H2,1-2H3,(H,8,9);3H,1-2,6H2,(H2,7,8)(H,9,10);1,3H2,(H,4,5)/t5-;3-;/m00./s1. The molecule has 0 saturated heterocycles. The number of amides is 1. The summed E-state index contributed by atoms with van der Waals surface area (Å²) in [5.41, 5.74) is 19.6. The van der Waals surface area contributed by atoms with Gasteiger partial charge in [0.05, 0.1) is 6.54 Å². The van der Waals surface area contributed by atoms with Gasteiger partial charge in [-0.1, -0.05) is 13.8 Å². The first-order valence-electron chi connectivity index (χ1n) is 7.01. The van der Waals surface area contributed by atoms with Crippen molar-refractivity contribution in [2.75, 3.05) is 6.54 Å². The summed E-state index contributed by atoms with van der Waals surface area (Å²) in [6, 6.07) is -1.67. The predicted octanol–water partition coefficient (Wildman–Crippen LogP) is -1.86. The van der Waals surface area contributed by atoms with Crippen LogP contribution < -0.4 is 22.9 Å². The van der Waals surface area contributed by atoms with Crippen LogP contribution in [0.1, 0.15) is 33.1 Å². The maximum Gasteiger partial charge on any atom is 0.320 e. The number of carbonyl (C=O) groups excluding carboxylic acids is 1. The van der Waals surface area contributed by atoms with Crippen molar-refractivity contribution in [3.8, 4) is 0 Å². The molecule has 0 aliphatic rings. The molecule has 0 aromatic carbocycles. The summed E-state index contributed by atoms with van der Waals surface area (Å²) < 4.78 is 0. The van der Waals surface area contributed by atoms with Gasteiger partial charge in [-0.3, -0.25) is 19.2 Å². The molecule has 1 amide bonds. The molecule has 142 valence electrons. The first-order valence-corrected chi connectivity index (χ1v) is 7.01. The molecular formula is C13H28N4O7. The Morgan fingerprint density at radius 2 is 1.29 bits per heavy atom. The fourth-order valence-corrected chi connectivity index (χ4v) is 1.03. The number of carboxylic acids is 3. The van der Waals surface area contributed by atoms with Crippen LogP contribution in [0.25, 0.3) is 0 Å². The summed E-state index contributed by atoms with van der Waals surface area (Å²) >= 11 is 0. The van der Waals surface area contributed by atoms with Gasteiger partial charge in [-0.25, -0.2) is 0 Å². The van der Waals surface area contributed by atoms with Crippen molar-refractivity contribution >= 4 is 23.8 Å². The minimum atomic E-state index is -1.11. The third kappa shape index (κ3) is 24.8. The van der Waals surface area contributed by atoms with Crippen LogP contribution in [0.5, 0.6) is 0 Å².